The smallest absolute Gasteiger partial charge is 0.133 e. The number of halogens is 1. The number of hydrogen-bond donors (Lipinski definition) is 1. The number of benzene rings is 1. The molecule has 1 atom stereocenters. The zero-order chi connectivity index (χ0) is 15.5. The highest BCUT2D eigenvalue weighted by Crippen LogP contribution is 2.28. The van der Waals surface area contributed by atoms with Crippen LogP contribution < -0.4 is 10.1 Å². The van der Waals surface area contributed by atoms with Crippen LogP contribution in [0.5, 0.6) is 5.75 Å². The van der Waals surface area contributed by atoms with E-state index in [4.69, 9.17) is 4.74 Å². The van der Waals surface area contributed by atoms with Crippen LogP contribution in [0.3, 0.4) is 0 Å². The van der Waals surface area contributed by atoms with Crippen molar-refractivity contribution >= 4 is 15.9 Å². The molecule has 1 rings (SSSR count). The van der Waals surface area contributed by atoms with Crippen molar-refractivity contribution in [1.29, 1.82) is 0 Å². The fraction of sp³-hybridized carbons (Fsp3) is 0.667. The highest BCUT2D eigenvalue weighted by Gasteiger charge is 2.07. The third kappa shape index (κ3) is 7.32. The van der Waals surface area contributed by atoms with Crippen molar-refractivity contribution in [2.24, 2.45) is 0 Å². The molecule has 0 saturated heterocycles. The van der Waals surface area contributed by atoms with Crippen LogP contribution in [-0.4, -0.2) is 13.2 Å². The fourth-order valence-electron chi connectivity index (χ4n) is 2.39. The van der Waals surface area contributed by atoms with E-state index in [0.717, 1.165) is 29.8 Å². The second-order valence-corrected chi connectivity index (χ2v) is 6.44. The molecule has 0 bridgehead atoms. The van der Waals surface area contributed by atoms with E-state index in [1.54, 1.807) is 0 Å². The molecule has 0 amide bonds. The standard InChI is InChI=1S/C18H30BrNO/c1-4-6-7-8-9-10-13-21-18-12-11-16(14-17(18)19)15(3)20-5-2/h11-12,14-15,20H,4-10,13H2,1-3H3. The van der Waals surface area contributed by atoms with Crippen LogP contribution >= 0.6 is 15.9 Å². The van der Waals surface area contributed by atoms with E-state index in [-0.39, 0.29) is 0 Å². The first-order valence-electron chi connectivity index (χ1n) is 8.34. The highest BCUT2D eigenvalue weighted by atomic mass is 79.9. The quantitative estimate of drug-likeness (QED) is 0.502. The average Bonchev–Trinajstić information content (AvgIpc) is 2.48. The molecule has 21 heavy (non-hydrogen) atoms. The lowest BCUT2D eigenvalue weighted by atomic mass is 10.1. The van der Waals surface area contributed by atoms with Crippen LogP contribution in [0, 0.1) is 0 Å². The lowest BCUT2D eigenvalue weighted by Gasteiger charge is -2.15. The zero-order valence-corrected chi connectivity index (χ0v) is 15.3. The topological polar surface area (TPSA) is 21.3 Å². The highest BCUT2D eigenvalue weighted by molar-refractivity contribution is 9.10. The van der Waals surface area contributed by atoms with E-state index in [1.165, 1.54) is 37.7 Å². The molecule has 0 aromatic heterocycles. The minimum absolute atomic E-state index is 0.374. The summed E-state index contributed by atoms with van der Waals surface area (Å²) in [6, 6.07) is 6.75. The third-order valence-electron chi connectivity index (χ3n) is 3.72. The number of rotatable bonds is 11. The van der Waals surface area contributed by atoms with Crippen molar-refractivity contribution < 1.29 is 4.74 Å². The predicted molar refractivity (Wildman–Crippen MR) is 95.1 cm³/mol. The first-order valence-corrected chi connectivity index (χ1v) is 9.14. The maximum Gasteiger partial charge on any atom is 0.133 e. The summed E-state index contributed by atoms with van der Waals surface area (Å²) in [7, 11) is 0. The molecule has 3 heteroatoms. The number of unbranched alkanes of at least 4 members (excludes halogenated alkanes) is 5. The normalized spacial score (nSPS) is 12.4. The molecule has 1 aromatic rings. The second-order valence-electron chi connectivity index (χ2n) is 5.59. The van der Waals surface area contributed by atoms with Crippen LogP contribution in [0.25, 0.3) is 0 Å². The van der Waals surface area contributed by atoms with Gasteiger partial charge in [0.2, 0.25) is 0 Å². The Bertz CT molecular complexity index is 395. The molecule has 0 heterocycles. The average molecular weight is 356 g/mol. The molecule has 1 aromatic carbocycles. The van der Waals surface area contributed by atoms with E-state index in [2.05, 4.69) is 60.2 Å². The van der Waals surface area contributed by atoms with Gasteiger partial charge in [0.1, 0.15) is 5.75 Å². The number of ether oxygens (including phenoxy) is 1. The Morgan fingerprint density at radius 1 is 1.10 bits per heavy atom. The molecule has 0 aliphatic carbocycles. The Hall–Kier alpha value is -0.540. The van der Waals surface area contributed by atoms with E-state index in [0.29, 0.717) is 6.04 Å². The van der Waals surface area contributed by atoms with Crippen molar-refractivity contribution in [2.75, 3.05) is 13.2 Å². The minimum Gasteiger partial charge on any atom is -0.492 e. The van der Waals surface area contributed by atoms with Gasteiger partial charge in [-0.1, -0.05) is 52.0 Å². The molecule has 0 saturated carbocycles. The van der Waals surface area contributed by atoms with Crippen molar-refractivity contribution in [3.8, 4) is 5.75 Å². The summed E-state index contributed by atoms with van der Waals surface area (Å²) in [5.41, 5.74) is 1.29. The summed E-state index contributed by atoms with van der Waals surface area (Å²) in [6.07, 6.45) is 7.77. The van der Waals surface area contributed by atoms with Gasteiger partial charge >= 0.3 is 0 Å². The van der Waals surface area contributed by atoms with Crippen molar-refractivity contribution in [3.05, 3.63) is 28.2 Å². The van der Waals surface area contributed by atoms with Gasteiger partial charge in [-0.25, -0.2) is 0 Å². The summed E-state index contributed by atoms with van der Waals surface area (Å²) >= 11 is 3.62. The maximum absolute atomic E-state index is 5.87. The largest absolute Gasteiger partial charge is 0.492 e. The minimum atomic E-state index is 0.374. The van der Waals surface area contributed by atoms with Gasteiger partial charge < -0.3 is 10.1 Å². The number of hydrogen-bond acceptors (Lipinski definition) is 2. The van der Waals surface area contributed by atoms with Gasteiger partial charge in [-0.3, -0.25) is 0 Å². The molecule has 0 aliphatic heterocycles. The van der Waals surface area contributed by atoms with Crippen LogP contribution in [0.4, 0.5) is 0 Å². The SMILES string of the molecule is CCCCCCCCOc1ccc(C(C)NCC)cc1Br. The van der Waals surface area contributed by atoms with Crippen molar-refractivity contribution in [3.63, 3.8) is 0 Å². The lowest BCUT2D eigenvalue weighted by molar-refractivity contribution is 0.302. The summed E-state index contributed by atoms with van der Waals surface area (Å²) < 4.78 is 6.92. The van der Waals surface area contributed by atoms with Gasteiger partial charge in [0.25, 0.3) is 0 Å². The van der Waals surface area contributed by atoms with E-state index >= 15 is 0 Å². The molecular formula is C18H30BrNO. The third-order valence-corrected chi connectivity index (χ3v) is 4.34. The molecule has 2 nitrogen and oxygen atoms in total. The van der Waals surface area contributed by atoms with Gasteiger partial charge in [0.15, 0.2) is 0 Å². The number of nitrogens with one attached hydrogen (secondary N) is 1. The maximum atomic E-state index is 5.87. The molecule has 1 unspecified atom stereocenters. The zero-order valence-electron chi connectivity index (χ0n) is 13.8. The molecule has 0 spiro atoms. The predicted octanol–water partition coefficient (Wildman–Crippen LogP) is 5.86. The summed E-state index contributed by atoms with van der Waals surface area (Å²) in [5, 5.41) is 3.42. The molecule has 120 valence electrons. The van der Waals surface area contributed by atoms with Gasteiger partial charge in [0, 0.05) is 6.04 Å². The van der Waals surface area contributed by atoms with E-state index in [9.17, 15) is 0 Å². The second kappa shape index (κ2) is 11.1. The van der Waals surface area contributed by atoms with Gasteiger partial charge in [-0.2, -0.15) is 0 Å². The first-order chi connectivity index (χ1) is 10.2. The molecule has 1 N–H and O–H groups in total. The van der Waals surface area contributed by atoms with E-state index < -0.39 is 0 Å². The van der Waals surface area contributed by atoms with Crippen molar-refractivity contribution in [1.82, 2.24) is 5.32 Å². The summed E-state index contributed by atoms with van der Waals surface area (Å²) in [5.74, 6) is 0.955. The Morgan fingerprint density at radius 2 is 1.81 bits per heavy atom. The summed E-state index contributed by atoms with van der Waals surface area (Å²) in [6.45, 7) is 8.36. The van der Waals surface area contributed by atoms with Gasteiger partial charge in [-0.15, -0.1) is 0 Å². The van der Waals surface area contributed by atoms with Gasteiger partial charge in [0.05, 0.1) is 11.1 Å². The molecule has 0 radical (unpaired) electrons. The van der Waals surface area contributed by atoms with Crippen molar-refractivity contribution in [2.45, 2.75) is 65.3 Å². The Morgan fingerprint density at radius 3 is 2.48 bits per heavy atom. The molecule has 0 fully saturated rings. The Balaban J connectivity index is 2.32. The van der Waals surface area contributed by atoms with Crippen LogP contribution in [-0.2, 0) is 0 Å². The van der Waals surface area contributed by atoms with Crippen LogP contribution in [0.15, 0.2) is 22.7 Å². The molecule has 0 aliphatic rings. The monoisotopic (exact) mass is 355 g/mol. The molecular weight excluding hydrogens is 326 g/mol. The Labute approximate surface area is 138 Å². The van der Waals surface area contributed by atoms with Crippen LogP contribution in [0.2, 0.25) is 0 Å². The van der Waals surface area contributed by atoms with E-state index in [1.807, 2.05) is 0 Å². The van der Waals surface area contributed by atoms with Crippen LogP contribution in [0.1, 0.15) is 70.9 Å². The fourth-order valence-corrected chi connectivity index (χ4v) is 2.90. The van der Waals surface area contributed by atoms with Gasteiger partial charge in [-0.05, 0) is 53.5 Å². The lowest BCUT2D eigenvalue weighted by Crippen LogP contribution is -2.17. The summed E-state index contributed by atoms with van der Waals surface area (Å²) in [4.78, 5) is 0. The Kier molecular flexibility index (Phi) is 9.77. The first kappa shape index (κ1) is 18.5.